The van der Waals surface area contributed by atoms with Gasteiger partial charge in [-0.2, -0.15) is 5.10 Å². The number of hydrogen-bond acceptors (Lipinski definition) is 11. The number of alkyl halides is 1. The maximum absolute atomic E-state index is 13.4. The molecule has 1 saturated heterocycles. The number of cyclic esters (lactones) is 1. The maximum atomic E-state index is 13.4. The van der Waals surface area contributed by atoms with Crippen molar-refractivity contribution >= 4 is 57.2 Å². The maximum Gasteiger partial charge on any atom is 0.356 e. The lowest BCUT2D eigenvalue weighted by atomic mass is 9.88. The molecule has 15 heteroatoms. The first-order chi connectivity index (χ1) is 17.6. The summed E-state index contributed by atoms with van der Waals surface area (Å²) in [5, 5.41) is 16.0. The van der Waals surface area contributed by atoms with E-state index in [0.717, 1.165) is 11.8 Å². The first-order valence-electron chi connectivity index (χ1n) is 10.8. The molecule has 1 aromatic heterocycles. The monoisotopic (exact) mass is 592 g/mol. The van der Waals surface area contributed by atoms with Crippen LogP contribution in [0.15, 0.2) is 41.4 Å². The summed E-state index contributed by atoms with van der Waals surface area (Å²) in [5.74, 6) is -2.56. The summed E-state index contributed by atoms with van der Waals surface area (Å²) < 4.78 is 15.8. The second-order valence-corrected chi connectivity index (χ2v) is 10.5. The van der Waals surface area contributed by atoms with E-state index in [1.807, 2.05) is 0 Å². The molecule has 3 atom stereocenters. The van der Waals surface area contributed by atoms with Crippen molar-refractivity contribution in [1.82, 2.24) is 14.7 Å². The van der Waals surface area contributed by atoms with Gasteiger partial charge >= 0.3 is 17.9 Å². The summed E-state index contributed by atoms with van der Waals surface area (Å²) in [5.41, 5.74) is 0.801. The number of carbonyl (C=O) groups excluding carboxylic acids is 4. The Labute approximate surface area is 221 Å². The molecule has 0 radical (unpaired) electrons. The van der Waals surface area contributed by atoms with Crippen LogP contribution in [-0.2, 0) is 41.7 Å². The lowest BCUT2D eigenvalue weighted by Crippen LogP contribution is -2.70. The van der Waals surface area contributed by atoms with Crippen LogP contribution in [0.2, 0.25) is 0 Å². The number of hydrogen-bond donors (Lipinski definition) is 0. The summed E-state index contributed by atoms with van der Waals surface area (Å²) in [6, 6.07) is 6.94. The van der Waals surface area contributed by atoms with E-state index in [1.165, 1.54) is 52.2 Å². The van der Waals surface area contributed by atoms with E-state index in [4.69, 9.17) is 14.2 Å². The molecular formula is C22H17BrN4O9S. The first kappa shape index (κ1) is 25.0. The molecule has 1 aromatic carbocycles. The SMILES string of the molecule is CC(=O)OC(c1cc2n(n1)CCOC2=O)C1(Br)C(=O)N2C(C(=O)OCc3ccc([N+](=O)[O-])cc3)=CS[C@@H]21. The van der Waals surface area contributed by atoms with Crippen molar-refractivity contribution in [1.29, 1.82) is 0 Å². The van der Waals surface area contributed by atoms with E-state index in [2.05, 4.69) is 21.0 Å². The smallest absolute Gasteiger partial charge is 0.356 e. The average molecular weight is 593 g/mol. The highest BCUT2D eigenvalue weighted by atomic mass is 79.9. The van der Waals surface area contributed by atoms with Crippen molar-refractivity contribution < 1.29 is 38.3 Å². The molecule has 0 spiro atoms. The van der Waals surface area contributed by atoms with Crippen molar-refractivity contribution in [2.24, 2.45) is 0 Å². The van der Waals surface area contributed by atoms with E-state index >= 15 is 0 Å². The molecule has 2 unspecified atom stereocenters. The molecule has 3 aliphatic rings. The van der Waals surface area contributed by atoms with Gasteiger partial charge in [0.1, 0.15) is 35.7 Å². The van der Waals surface area contributed by atoms with Crippen LogP contribution in [0.3, 0.4) is 0 Å². The number of carbonyl (C=O) groups is 4. The number of β-lactam (4-membered cyclic amide) rings is 1. The third-order valence-corrected chi connectivity index (χ3v) is 8.60. The molecule has 2 aromatic rings. The summed E-state index contributed by atoms with van der Waals surface area (Å²) in [7, 11) is 0. The fraction of sp³-hybridized carbons (Fsp3) is 0.318. The number of aromatic nitrogens is 2. The minimum absolute atomic E-state index is 0.00581. The second kappa shape index (κ2) is 9.30. The van der Waals surface area contributed by atoms with Crippen molar-refractivity contribution in [3.8, 4) is 0 Å². The van der Waals surface area contributed by atoms with Gasteiger partial charge in [0, 0.05) is 24.5 Å². The van der Waals surface area contributed by atoms with Crippen molar-refractivity contribution in [3.63, 3.8) is 0 Å². The van der Waals surface area contributed by atoms with Crippen molar-refractivity contribution in [2.75, 3.05) is 6.61 Å². The second-order valence-electron chi connectivity index (χ2n) is 8.24. The van der Waals surface area contributed by atoms with E-state index in [-0.39, 0.29) is 36.0 Å². The Bertz CT molecular complexity index is 1370. The molecule has 1 amide bonds. The number of non-ortho nitro benzene ring substituents is 1. The number of nitro groups is 1. The van der Waals surface area contributed by atoms with Gasteiger partial charge in [0.2, 0.25) is 0 Å². The number of amides is 1. The Morgan fingerprint density at radius 2 is 2.08 bits per heavy atom. The van der Waals surface area contributed by atoms with Crippen LogP contribution in [-0.4, -0.2) is 59.7 Å². The average Bonchev–Trinajstić information content (AvgIpc) is 3.49. The summed E-state index contributed by atoms with van der Waals surface area (Å²) in [6.45, 7) is 1.49. The molecule has 3 aliphatic heterocycles. The molecule has 4 heterocycles. The largest absolute Gasteiger partial charge is 0.459 e. The van der Waals surface area contributed by atoms with Crippen LogP contribution in [0.25, 0.3) is 0 Å². The molecular weight excluding hydrogens is 576 g/mol. The normalized spacial score (nSPS) is 22.7. The van der Waals surface area contributed by atoms with Crippen molar-refractivity contribution in [2.45, 2.75) is 35.9 Å². The number of fused-ring (bicyclic) bond motifs is 2. The zero-order chi connectivity index (χ0) is 26.5. The highest BCUT2D eigenvalue weighted by Crippen LogP contribution is 2.58. The molecule has 1 fully saturated rings. The number of esters is 3. The number of rotatable bonds is 7. The predicted molar refractivity (Wildman–Crippen MR) is 128 cm³/mol. The summed E-state index contributed by atoms with van der Waals surface area (Å²) in [6.07, 6.45) is -1.19. The number of halogens is 1. The number of benzene rings is 1. The zero-order valence-electron chi connectivity index (χ0n) is 19.0. The topological polar surface area (TPSA) is 160 Å². The van der Waals surface area contributed by atoms with Gasteiger partial charge in [-0.15, -0.1) is 11.8 Å². The van der Waals surface area contributed by atoms with Crippen molar-refractivity contribution in [3.05, 3.63) is 68.5 Å². The van der Waals surface area contributed by atoms with Crippen LogP contribution in [0.5, 0.6) is 0 Å². The van der Waals surface area contributed by atoms with Crippen LogP contribution in [0.4, 0.5) is 5.69 Å². The Kier molecular flexibility index (Phi) is 6.27. The first-order valence-corrected chi connectivity index (χ1v) is 12.6. The molecule has 37 heavy (non-hydrogen) atoms. The van der Waals surface area contributed by atoms with Gasteiger partial charge in [-0.1, -0.05) is 15.9 Å². The Hall–Kier alpha value is -3.72. The molecule has 0 saturated carbocycles. The van der Waals surface area contributed by atoms with E-state index < -0.39 is 44.5 Å². The fourth-order valence-electron chi connectivity index (χ4n) is 4.15. The minimum atomic E-state index is -1.46. The van der Waals surface area contributed by atoms with Crippen LogP contribution in [0.1, 0.15) is 34.8 Å². The molecule has 0 aliphatic carbocycles. The molecule has 0 bridgehead atoms. The van der Waals surface area contributed by atoms with Crippen LogP contribution >= 0.6 is 27.7 Å². The number of ether oxygens (including phenoxy) is 3. The Morgan fingerprint density at radius 1 is 1.35 bits per heavy atom. The fourth-order valence-corrected chi connectivity index (χ4v) is 6.42. The van der Waals surface area contributed by atoms with Gasteiger partial charge in [-0.25, -0.2) is 9.59 Å². The quantitative estimate of drug-likeness (QED) is 0.116. The van der Waals surface area contributed by atoms with E-state index in [0.29, 0.717) is 12.1 Å². The predicted octanol–water partition coefficient (Wildman–Crippen LogP) is 2.20. The standard InChI is InChI=1S/C22H17BrN4O9S/c1-11(28)36-17(14-8-15-18(29)34-7-6-25(15)24-14)22(23)20(31)26-16(10-37-21(22)26)19(30)35-9-12-2-4-13(5-3-12)27(32)33/h2-5,8,10,17,21H,6-7,9H2,1H3/t17?,21-,22?/m1/s1. The molecule has 0 N–H and O–H groups in total. The minimum Gasteiger partial charge on any atom is -0.459 e. The highest BCUT2D eigenvalue weighted by Gasteiger charge is 2.69. The number of nitro benzene ring substituents is 1. The van der Waals surface area contributed by atoms with Gasteiger partial charge in [0.25, 0.3) is 11.6 Å². The third kappa shape index (κ3) is 4.17. The number of nitrogens with zero attached hydrogens (tertiary/aromatic N) is 4. The summed E-state index contributed by atoms with van der Waals surface area (Å²) in [4.78, 5) is 61.7. The molecule has 13 nitrogen and oxygen atoms in total. The Morgan fingerprint density at radius 3 is 2.73 bits per heavy atom. The molecule has 5 rings (SSSR count). The summed E-state index contributed by atoms with van der Waals surface area (Å²) >= 11 is 4.61. The van der Waals surface area contributed by atoms with Gasteiger partial charge in [-0.3, -0.25) is 29.3 Å². The van der Waals surface area contributed by atoms with Gasteiger partial charge in [0.05, 0.1) is 11.5 Å². The van der Waals surface area contributed by atoms with Gasteiger partial charge < -0.3 is 14.2 Å². The van der Waals surface area contributed by atoms with E-state index in [9.17, 15) is 29.3 Å². The lowest BCUT2D eigenvalue weighted by Gasteiger charge is -2.51. The van der Waals surface area contributed by atoms with Gasteiger partial charge in [0.15, 0.2) is 10.4 Å². The lowest BCUT2D eigenvalue weighted by molar-refractivity contribution is -0.384. The highest BCUT2D eigenvalue weighted by molar-refractivity contribution is 9.10. The van der Waals surface area contributed by atoms with Crippen LogP contribution in [0, 0.1) is 10.1 Å². The van der Waals surface area contributed by atoms with Gasteiger partial charge in [-0.05, 0) is 23.8 Å². The molecule has 192 valence electrons. The van der Waals surface area contributed by atoms with Crippen LogP contribution < -0.4 is 0 Å². The Balaban J connectivity index is 1.32. The van der Waals surface area contributed by atoms with E-state index in [1.54, 1.807) is 0 Å². The zero-order valence-corrected chi connectivity index (χ0v) is 21.4. The number of thioether (sulfide) groups is 1. The third-order valence-electron chi connectivity index (χ3n) is 5.91.